The highest BCUT2D eigenvalue weighted by atomic mass is 16.5. The third-order valence-corrected chi connectivity index (χ3v) is 6.06. The molecule has 0 radical (unpaired) electrons. The average Bonchev–Trinajstić information content (AvgIpc) is 3.11. The van der Waals surface area contributed by atoms with Crippen LogP contribution in [0.15, 0.2) is 47.3 Å². The molecule has 4 rings (SSSR count). The SMILES string of the molecule is COc1ccc([C@H](CC(N)=O)c2c(Cc3ccc4c(c3)CCC(C)(C)O4)[nH][nH]c2=O)cc1. The van der Waals surface area contributed by atoms with E-state index in [1.807, 2.05) is 36.4 Å². The molecular weight excluding hydrogens is 406 g/mol. The molecule has 0 spiro atoms. The zero-order valence-corrected chi connectivity index (χ0v) is 18.7. The molecule has 1 amide bonds. The standard InChI is InChI=1S/C25H29N3O4/c1-25(2)11-10-17-12-15(4-9-21(17)32-25)13-20-23(24(30)28-27-20)19(14-22(26)29)16-5-7-18(31-3)8-6-16/h4-9,12,19H,10-11,13-14H2,1-3H3,(H2,26,29)(H2,27,28,30)/t19-/m0/s1. The maximum atomic E-state index is 12.8. The van der Waals surface area contributed by atoms with Crippen molar-refractivity contribution >= 4 is 5.91 Å². The minimum absolute atomic E-state index is 0.0351. The predicted molar refractivity (Wildman–Crippen MR) is 122 cm³/mol. The molecule has 2 heterocycles. The fourth-order valence-electron chi connectivity index (χ4n) is 4.36. The second kappa shape index (κ2) is 8.57. The Bertz CT molecular complexity index is 1170. The molecule has 7 heteroatoms. The number of aromatic nitrogens is 2. The van der Waals surface area contributed by atoms with E-state index in [-0.39, 0.29) is 17.6 Å². The minimum Gasteiger partial charge on any atom is -0.497 e. The fourth-order valence-corrected chi connectivity index (χ4v) is 4.36. The zero-order chi connectivity index (χ0) is 22.9. The number of nitrogens with two attached hydrogens (primary N) is 1. The Kier molecular flexibility index (Phi) is 5.82. The third-order valence-electron chi connectivity index (χ3n) is 6.06. The Morgan fingerprint density at radius 3 is 2.62 bits per heavy atom. The number of methoxy groups -OCH3 is 1. The van der Waals surface area contributed by atoms with Crippen molar-refractivity contribution < 1.29 is 14.3 Å². The molecule has 0 unspecified atom stereocenters. The van der Waals surface area contributed by atoms with Gasteiger partial charge in [-0.25, -0.2) is 0 Å². The summed E-state index contributed by atoms with van der Waals surface area (Å²) >= 11 is 0. The van der Waals surface area contributed by atoms with Crippen molar-refractivity contribution in [3.63, 3.8) is 0 Å². The van der Waals surface area contributed by atoms with Crippen LogP contribution >= 0.6 is 0 Å². The minimum atomic E-state index is -0.467. The summed E-state index contributed by atoms with van der Waals surface area (Å²) in [4.78, 5) is 24.6. The Morgan fingerprint density at radius 2 is 1.94 bits per heavy atom. The van der Waals surface area contributed by atoms with Crippen molar-refractivity contribution in [2.75, 3.05) is 7.11 Å². The van der Waals surface area contributed by atoms with E-state index in [9.17, 15) is 9.59 Å². The summed E-state index contributed by atoms with van der Waals surface area (Å²) in [5.74, 6) is 0.697. The quantitative estimate of drug-likeness (QED) is 0.528. The van der Waals surface area contributed by atoms with Crippen LogP contribution < -0.4 is 20.8 Å². The second-order valence-electron chi connectivity index (χ2n) is 8.95. The molecule has 1 aromatic heterocycles. The van der Waals surface area contributed by atoms with Crippen molar-refractivity contribution in [1.29, 1.82) is 0 Å². The number of fused-ring (bicyclic) bond motifs is 1. The van der Waals surface area contributed by atoms with Crippen LogP contribution in [0.3, 0.4) is 0 Å². The number of hydrogen-bond acceptors (Lipinski definition) is 4. The van der Waals surface area contributed by atoms with Gasteiger partial charge in [0, 0.05) is 30.0 Å². The van der Waals surface area contributed by atoms with Gasteiger partial charge in [0.1, 0.15) is 17.1 Å². The number of aryl methyl sites for hydroxylation is 1. The molecule has 1 aliphatic rings. The molecule has 0 bridgehead atoms. The van der Waals surface area contributed by atoms with Crippen LogP contribution in [-0.2, 0) is 17.6 Å². The van der Waals surface area contributed by atoms with E-state index in [0.717, 1.165) is 35.4 Å². The molecule has 0 fully saturated rings. The molecule has 0 saturated heterocycles. The molecule has 4 N–H and O–H groups in total. The number of carbonyl (C=O) groups excluding carboxylic acids is 1. The lowest BCUT2D eigenvalue weighted by atomic mass is 9.86. The van der Waals surface area contributed by atoms with Gasteiger partial charge in [-0.2, -0.15) is 0 Å². The molecule has 0 aliphatic carbocycles. The van der Waals surface area contributed by atoms with Crippen LogP contribution in [0.2, 0.25) is 0 Å². The maximum Gasteiger partial charge on any atom is 0.267 e. The van der Waals surface area contributed by atoms with Gasteiger partial charge in [-0.05, 0) is 61.6 Å². The summed E-state index contributed by atoms with van der Waals surface area (Å²) in [6, 6.07) is 13.5. The first-order valence-electron chi connectivity index (χ1n) is 10.8. The van der Waals surface area contributed by atoms with Crippen molar-refractivity contribution in [2.24, 2.45) is 5.73 Å². The number of benzene rings is 2. The van der Waals surface area contributed by atoms with Crippen molar-refractivity contribution in [1.82, 2.24) is 10.2 Å². The monoisotopic (exact) mass is 435 g/mol. The summed E-state index contributed by atoms with van der Waals surface area (Å²) in [5, 5.41) is 5.71. The van der Waals surface area contributed by atoms with Gasteiger partial charge >= 0.3 is 0 Å². The highest BCUT2D eigenvalue weighted by Crippen LogP contribution is 2.35. The summed E-state index contributed by atoms with van der Waals surface area (Å²) < 4.78 is 11.3. The molecule has 1 atom stereocenters. The zero-order valence-electron chi connectivity index (χ0n) is 18.7. The lowest BCUT2D eigenvalue weighted by molar-refractivity contribution is -0.118. The molecule has 0 saturated carbocycles. The number of hydrogen-bond donors (Lipinski definition) is 3. The predicted octanol–water partition coefficient (Wildman–Crippen LogP) is 3.41. The van der Waals surface area contributed by atoms with E-state index in [2.05, 4.69) is 30.1 Å². The molecular formula is C25H29N3O4. The van der Waals surface area contributed by atoms with Crippen LogP contribution in [0, 0.1) is 0 Å². The van der Waals surface area contributed by atoms with Gasteiger partial charge in [-0.1, -0.05) is 24.3 Å². The summed E-state index contributed by atoms with van der Waals surface area (Å²) in [6.07, 6.45) is 2.46. The molecule has 32 heavy (non-hydrogen) atoms. The number of aromatic amines is 2. The number of amides is 1. The van der Waals surface area contributed by atoms with Crippen LogP contribution in [0.4, 0.5) is 0 Å². The van der Waals surface area contributed by atoms with Gasteiger partial charge in [0.25, 0.3) is 5.56 Å². The summed E-state index contributed by atoms with van der Waals surface area (Å²) in [5.41, 5.74) is 9.48. The Balaban J connectivity index is 1.67. The van der Waals surface area contributed by atoms with Crippen LogP contribution in [0.5, 0.6) is 11.5 Å². The number of nitrogens with one attached hydrogen (secondary N) is 2. The van der Waals surface area contributed by atoms with Gasteiger partial charge in [-0.15, -0.1) is 0 Å². The molecule has 168 valence electrons. The third kappa shape index (κ3) is 4.56. The Labute approximate surface area is 186 Å². The summed E-state index contributed by atoms with van der Waals surface area (Å²) in [6.45, 7) is 4.19. The highest BCUT2D eigenvalue weighted by Gasteiger charge is 2.28. The summed E-state index contributed by atoms with van der Waals surface area (Å²) in [7, 11) is 1.59. The number of primary amides is 1. The lowest BCUT2D eigenvalue weighted by Crippen LogP contribution is -2.32. The van der Waals surface area contributed by atoms with E-state index in [0.29, 0.717) is 17.7 Å². The molecule has 1 aliphatic heterocycles. The average molecular weight is 436 g/mol. The van der Waals surface area contributed by atoms with Gasteiger partial charge in [-0.3, -0.25) is 14.7 Å². The van der Waals surface area contributed by atoms with Crippen molar-refractivity contribution in [3.05, 3.63) is 80.8 Å². The van der Waals surface area contributed by atoms with E-state index < -0.39 is 11.8 Å². The molecule has 2 aromatic carbocycles. The smallest absolute Gasteiger partial charge is 0.267 e. The van der Waals surface area contributed by atoms with Crippen LogP contribution in [-0.4, -0.2) is 28.8 Å². The maximum absolute atomic E-state index is 12.8. The largest absolute Gasteiger partial charge is 0.497 e. The number of rotatable bonds is 7. The first kappa shape index (κ1) is 21.7. The van der Waals surface area contributed by atoms with Gasteiger partial charge < -0.3 is 20.3 Å². The van der Waals surface area contributed by atoms with E-state index in [1.165, 1.54) is 5.56 Å². The molecule has 3 aromatic rings. The molecule has 7 nitrogen and oxygen atoms in total. The van der Waals surface area contributed by atoms with Crippen molar-refractivity contribution in [3.8, 4) is 11.5 Å². The fraction of sp³-hybridized carbons (Fsp3) is 0.360. The highest BCUT2D eigenvalue weighted by molar-refractivity contribution is 5.75. The van der Waals surface area contributed by atoms with Gasteiger partial charge in [0.15, 0.2) is 0 Å². The van der Waals surface area contributed by atoms with Crippen LogP contribution in [0.1, 0.15) is 60.6 Å². The van der Waals surface area contributed by atoms with E-state index in [1.54, 1.807) is 7.11 Å². The van der Waals surface area contributed by atoms with Crippen molar-refractivity contribution in [2.45, 2.75) is 51.0 Å². The normalized spacial score (nSPS) is 15.5. The topological polar surface area (TPSA) is 110 Å². The first-order chi connectivity index (χ1) is 15.3. The van der Waals surface area contributed by atoms with Gasteiger partial charge in [0.2, 0.25) is 5.91 Å². The van der Waals surface area contributed by atoms with E-state index in [4.69, 9.17) is 15.2 Å². The lowest BCUT2D eigenvalue weighted by Gasteiger charge is -2.32. The number of carbonyl (C=O) groups is 1. The number of ether oxygens (including phenoxy) is 2. The van der Waals surface area contributed by atoms with Gasteiger partial charge in [0.05, 0.1) is 7.11 Å². The Hall–Kier alpha value is -3.48. The van der Waals surface area contributed by atoms with E-state index >= 15 is 0 Å². The first-order valence-corrected chi connectivity index (χ1v) is 10.8. The number of H-pyrrole nitrogens is 2. The second-order valence-corrected chi connectivity index (χ2v) is 8.95. The van der Waals surface area contributed by atoms with Crippen LogP contribution in [0.25, 0.3) is 0 Å². The Morgan fingerprint density at radius 1 is 1.19 bits per heavy atom.